The number of rotatable bonds is 7. The largest absolute Gasteiger partial charge is 0.458 e. The van der Waals surface area contributed by atoms with Gasteiger partial charge in [-0.3, -0.25) is 4.79 Å². The minimum absolute atomic E-state index is 0.275. The molecule has 8 heteroatoms. The first-order valence-corrected chi connectivity index (χ1v) is 11.2. The number of hydrogen-bond donors (Lipinski definition) is 1. The Hall–Kier alpha value is -2.32. The Labute approximate surface area is 194 Å². The normalized spacial score (nSPS) is 19.2. The van der Waals surface area contributed by atoms with Crippen LogP contribution in [0.25, 0.3) is 0 Å². The highest BCUT2D eigenvalue weighted by Gasteiger charge is 2.54. The van der Waals surface area contributed by atoms with Crippen molar-refractivity contribution in [1.29, 1.82) is 0 Å². The predicted octanol–water partition coefficient (Wildman–Crippen LogP) is 6.38. The van der Waals surface area contributed by atoms with E-state index in [0.29, 0.717) is 24.8 Å². The fourth-order valence-electron chi connectivity index (χ4n) is 4.04. The summed E-state index contributed by atoms with van der Waals surface area (Å²) < 4.78 is 51.1. The standard InChI is InChI=1S/C25H31BF3NO3/c1-6-24(16-18-10-8-7-9-11-18,17-26-32-22(2,3)23(4,5)33-26)21(31)30-20-14-12-19(13-15-20)25(27,28)29/h7-15H,6,16-17H2,1-5H3,(H,30,31). The molecular weight excluding hydrogens is 430 g/mol. The number of carbonyl (C=O) groups excluding carboxylic acids is 1. The average Bonchev–Trinajstić information content (AvgIpc) is 2.93. The van der Waals surface area contributed by atoms with Crippen LogP contribution in [-0.2, 0) is 26.7 Å². The predicted molar refractivity (Wildman–Crippen MR) is 124 cm³/mol. The summed E-state index contributed by atoms with van der Waals surface area (Å²) in [5, 5.41) is 2.83. The third kappa shape index (κ3) is 5.61. The number of anilines is 1. The van der Waals surface area contributed by atoms with Crippen LogP contribution in [0.5, 0.6) is 0 Å². The molecule has 1 aliphatic rings. The van der Waals surface area contributed by atoms with Crippen LogP contribution in [0.2, 0.25) is 6.32 Å². The van der Waals surface area contributed by atoms with Crippen molar-refractivity contribution >= 4 is 18.7 Å². The third-order valence-electron chi connectivity index (χ3n) is 6.87. The molecule has 1 aliphatic heterocycles. The monoisotopic (exact) mass is 461 g/mol. The number of nitrogens with one attached hydrogen (secondary N) is 1. The quantitative estimate of drug-likeness (QED) is 0.487. The smallest absolute Gasteiger partial charge is 0.403 e. The number of halogens is 3. The maximum Gasteiger partial charge on any atom is 0.458 e. The Morgan fingerprint density at radius 1 is 0.939 bits per heavy atom. The maximum absolute atomic E-state index is 13.6. The second kappa shape index (κ2) is 9.14. The van der Waals surface area contributed by atoms with E-state index in [0.717, 1.165) is 17.7 Å². The highest BCUT2D eigenvalue weighted by atomic mass is 19.4. The highest BCUT2D eigenvalue weighted by molar-refractivity contribution is 6.46. The summed E-state index contributed by atoms with van der Waals surface area (Å²) >= 11 is 0. The van der Waals surface area contributed by atoms with E-state index in [1.54, 1.807) is 0 Å². The zero-order chi connectivity index (χ0) is 24.5. The fourth-order valence-corrected chi connectivity index (χ4v) is 4.04. The Bertz CT molecular complexity index is 945. The van der Waals surface area contributed by atoms with E-state index in [2.05, 4.69) is 5.32 Å². The summed E-state index contributed by atoms with van der Waals surface area (Å²) in [6.45, 7) is 9.76. The zero-order valence-electron chi connectivity index (χ0n) is 19.8. The molecule has 1 unspecified atom stereocenters. The van der Waals surface area contributed by atoms with E-state index < -0.39 is 35.5 Å². The molecule has 1 heterocycles. The number of amides is 1. The molecule has 0 radical (unpaired) electrons. The summed E-state index contributed by atoms with van der Waals surface area (Å²) in [5.41, 5.74) is -1.41. The molecule has 0 bridgehead atoms. The summed E-state index contributed by atoms with van der Waals surface area (Å²) in [5.74, 6) is -0.275. The Morgan fingerprint density at radius 3 is 1.97 bits per heavy atom. The van der Waals surface area contributed by atoms with Gasteiger partial charge in [-0.1, -0.05) is 37.3 Å². The van der Waals surface area contributed by atoms with Crippen molar-refractivity contribution in [3.63, 3.8) is 0 Å². The number of hydrogen-bond acceptors (Lipinski definition) is 3. The lowest BCUT2D eigenvalue weighted by atomic mass is 9.63. The molecule has 1 N–H and O–H groups in total. The van der Waals surface area contributed by atoms with E-state index in [4.69, 9.17) is 9.31 Å². The molecule has 0 aromatic heterocycles. The topological polar surface area (TPSA) is 47.6 Å². The van der Waals surface area contributed by atoms with Crippen LogP contribution in [0.3, 0.4) is 0 Å². The fraction of sp³-hybridized carbons (Fsp3) is 0.480. The van der Waals surface area contributed by atoms with E-state index in [9.17, 15) is 18.0 Å². The van der Waals surface area contributed by atoms with Gasteiger partial charge in [-0.05, 0) is 76.7 Å². The van der Waals surface area contributed by atoms with E-state index in [-0.39, 0.29) is 5.91 Å². The average molecular weight is 461 g/mol. The van der Waals surface area contributed by atoms with Crippen LogP contribution >= 0.6 is 0 Å². The first-order chi connectivity index (χ1) is 15.3. The Kier molecular flexibility index (Phi) is 7.01. The lowest BCUT2D eigenvalue weighted by Crippen LogP contribution is -2.42. The van der Waals surface area contributed by atoms with Crippen molar-refractivity contribution in [2.24, 2.45) is 5.41 Å². The minimum Gasteiger partial charge on any atom is -0.403 e. The minimum atomic E-state index is -4.43. The summed E-state index contributed by atoms with van der Waals surface area (Å²) in [4.78, 5) is 13.6. The molecular formula is C25H31BF3NO3. The van der Waals surface area contributed by atoms with Gasteiger partial charge in [0.1, 0.15) is 0 Å². The molecule has 0 aliphatic carbocycles. The molecule has 4 nitrogen and oxygen atoms in total. The van der Waals surface area contributed by atoms with Gasteiger partial charge in [0, 0.05) is 5.69 Å². The van der Waals surface area contributed by atoms with E-state index in [1.807, 2.05) is 65.0 Å². The number of benzene rings is 2. The zero-order valence-corrected chi connectivity index (χ0v) is 19.8. The van der Waals surface area contributed by atoms with Crippen molar-refractivity contribution in [3.05, 3.63) is 65.7 Å². The van der Waals surface area contributed by atoms with Gasteiger partial charge in [-0.25, -0.2) is 0 Å². The van der Waals surface area contributed by atoms with Gasteiger partial charge >= 0.3 is 13.3 Å². The first kappa shape index (κ1) is 25.3. The molecule has 178 valence electrons. The van der Waals surface area contributed by atoms with Crippen LogP contribution in [0, 0.1) is 5.41 Å². The van der Waals surface area contributed by atoms with Crippen LogP contribution in [-0.4, -0.2) is 24.2 Å². The molecule has 1 saturated heterocycles. The molecule has 1 fully saturated rings. The van der Waals surface area contributed by atoms with Crippen molar-refractivity contribution in [3.8, 4) is 0 Å². The second-order valence-corrected chi connectivity index (χ2v) is 9.72. The molecule has 2 aromatic carbocycles. The summed E-state index contributed by atoms with van der Waals surface area (Å²) in [7, 11) is -0.586. The molecule has 0 saturated carbocycles. The molecule has 0 spiro atoms. The first-order valence-electron chi connectivity index (χ1n) is 11.2. The molecule has 1 atom stereocenters. The highest BCUT2D eigenvalue weighted by Crippen LogP contribution is 2.43. The van der Waals surface area contributed by atoms with Crippen LogP contribution < -0.4 is 5.32 Å². The maximum atomic E-state index is 13.6. The second-order valence-electron chi connectivity index (χ2n) is 9.72. The van der Waals surface area contributed by atoms with Crippen LogP contribution in [0.1, 0.15) is 52.2 Å². The SMILES string of the molecule is CCC(CB1OC(C)(C)C(C)(C)O1)(Cc1ccccc1)C(=O)Nc1ccc(C(F)(F)F)cc1. The summed E-state index contributed by atoms with van der Waals surface area (Å²) in [6, 6.07) is 14.1. The van der Waals surface area contributed by atoms with Gasteiger partial charge in [-0.2, -0.15) is 13.2 Å². The van der Waals surface area contributed by atoms with Crippen LogP contribution in [0.15, 0.2) is 54.6 Å². The Morgan fingerprint density at radius 2 is 1.48 bits per heavy atom. The van der Waals surface area contributed by atoms with Gasteiger partial charge in [0.05, 0.1) is 22.2 Å². The summed E-state index contributed by atoms with van der Waals surface area (Å²) in [6.07, 6.45) is -3.17. The molecule has 3 rings (SSSR count). The Balaban J connectivity index is 1.88. The van der Waals surface area contributed by atoms with Crippen molar-refractivity contribution in [1.82, 2.24) is 0 Å². The lowest BCUT2D eigenvalue weighted by Gasteiger charge is -2.32. The van der Waals surface area contributed by atoms with Crippen molar-refractivity contribution in [2.75, 3.05) is 5.32 Å². The van der Waals surface area contributed by atoms with E-state index in [1.165, 1.54) is 12.1 Å². The van der Waals surface area contributed by atoms with Gasteiger partial charge in [0.15, 0.2) is 0 Å². The van der Waals surface area contributed by atoms with Gasteiger partial charge in [0.25, 0.3) is 0 Å². The van der Waals surface area contributed by atoms with Crippen molar-refractivity contribution in [2.45, 2.75) is 71.2 Å². The third-order valence-corrected chi connectivity index (χ3v) is 6.87. The molecule has 2 aromatic rings. The number of alkyl halides is 3. The van der Waals surface area contributed by atoms with Gasteiger partial charge < -0.3 is 14.6 Å². The van der Waals surface area contributed by atoms with Crippen LogP contribution in [0.4, 0.5) is 18.9 Å². The lowest BCUT2D eigenvalue weighted by molar-refractivity contribution is -0.137. The molecule has 1 amide bonds. The van der Waals surface area contributed by atoms with E-state index >= 15 is 0 Å². The van der Waals surface area contributed by atoms with Gasteiger partial charge in [0.2, 0.25) is 5.91 Å². The van der Waals surface area contributed by atoms with Gasteiger partial charge in [-0.15, -0.1) is 0 Å². The number of carbonyl (C=O) groups is 1. The van der Waals surface area contributed by atoms with Crippen molar-refractivity contribution < 1.29 is 27.3 Å². The molecule has 33 heavy (non-hydrogen) atoms.